The predicted molar refractivity (Wildman–Crippen MR) is 127 cm³/mol. The van der Waals surface area contributed by atoms with Gasteiger partial charge in [0.05, 0.1) is 30.9 Å². The Morgan fingerprint density at radius 3 is 2.30 bits per heavy atom. The van der Waals surface area contributed by atoms with Crippen LogP contribution in [0.15, 0.2) is 81.3 Å². The van der Waals surface area contributed by atoms with Gasteiger partial charge in [0, 0.05) is 18.5 Å². The fourth-order valence-corrected chi connectivity index (χ4v) is 5.46. The molecule has 4 aromatic rings. The van der Waals surface area contributed by atoms with Gasteiger partial charge in [-0.2, -0.15) is 0 Å². The minimum absolute atomic E-state index is 0.0491. The molecule has 0 bridgehead atoms. The van der Waals surface area contributed by atoms with Crippen LogP contribution in [0.1, 0.15) is 15.9 Å². The summed E-state index contributed by atoms with van der Waals surface area (Å²) < 4.78 is 32.9. The van der Waals surface area contributed by atoms with E-state index in [9.17, 15) is 18.0 Å². The van der Waals surface area contributed by atoms with Crippen LogP contribution in [0.25, 0.3) is 10.9 Å². The third kappa shape index (κ3) is 4.15. The van der Waals surface area contributed by atoms with Crippen molar-refractivity contribution in [3.05, 3.63) is 98.3 Å². The molecule has 0 amide bonds. The average Bonchev–Trinajstić information content (AvgIpc) is 2.79. The standard InChI is InChI=1S/C24H17Cl2NO5S/c1-14-7-9-15(10-8-14)33(30,31)20-12-11-17(22(25)23(20)26)24(29)32-19-13-21(28)27(2)18-6-4-3-5-16(18)19/h3-13H,1-2H3. The van der Waals surface area contributed by atoms with Crippen LogP contribution in [-0.2, 0) is 16.9 Å². The van der Waals surface area contributed by atoms with Crippen molar-refractivity contribution in [2.75, 3.05) is 0 Å². The summed E-state index contributed by atoms with van der Waals surface area (Å²) in [5.74, 6) is -0.818. The van der Waals surface area contributed by atoms with Gasteiger partial charge in [0.15, 0.2) is 0 Å². The number of hydrogen-bond acceptors (Lipinski definition) is 5. The van der Waals surface area contributed by atoms with Crippen molar-refractivity contribution in [2.45, 2.75) is 16.7 Å². The lowest BCUT2D eigenvalue weighted by atomic mass is 10.2. The van der Waals surface area contributed by atoms with E-state index in [2.05, 4.69) is 0 Å². The molecule has 0 saturated carbocycles. The molecule has 6 nitrogen and oxygen atoms in total. The number of hydrogen-bond donors (Lipinski definition) is 0. The summed E-state index contributed by atoms with van der Waals surface area (Å²) in [6.07, 6.45) is 0. The molecule has 33 heavy (non-hydrogen) atoms. The Balaban J connectivity index is 1.73. The van der Waals surface area contributed by atoms with Gasteiger partial charge in [0.2, 0.25) is 9.84 Å². The molecule has 9 heteroatoms. The summed E-state index contributed by atoms with van der Waals surface area (Å²) in [5, 5.41) is -0.00254. The van der Waals surface area contributed by atoms with Crippen molar-refractivity contribution >= 4 is 49.9 Å². The molecule has 0 atom stereocenters. The maximum absolute atomic E-state index is 13.0. The van der Waals surface area contributed by atoms with E-state index in [0.29, 0.717) is 10.9 Å². The average molecular weight is 502 g/mol. The summed E-state index contributed by atoms with van der Waals surface area (Å²) in [5.41, 5.74) is 0.991. The largest absolute Gasteiger partial charge is 0.422 e. The Bertz CT molecular complexity index is 1580. The molecular weight excluding hydrogens is 485 g/mol. The Kier molecular flexibility index (Phi) is 6.05. The summed E-state index contributed by atoms with van der Waals surface area (Å²) >= 11 is 12.6. The van der Waals surface area contributed by atoms with Crippen molar-refractivity contribution in [1.82, 2.24) is 4.57 Å². The van der Waals surface area contributed by atoms with Crippen molar-refractivity contribution in [3.8, 4) is 5.75 Å². The van der Waals surface area contributed by atoms with Crippen LogP contribution < -0.4 is 10.3 Å². The van der Waals surface area contributed by atoms with Crippen LogP contribution in [0.2, 0.25) is 10.0 Å². The molecule has 1 aromatic heterocycles. The molecule has 0 spiro atoms. The highest BCUT2D eigenvalue weighted by Gasteiger charge is 2.26. The number of aryl methyl sites for hydroxylation is 2. The highest BCUT2D eigenvalue weighted by Crippen LogP contribution is 2.36. The van der Waals surface area contributed by atoms with Crippen molar-refractivity contribution < 1.29 is 17.9 Å². The molecule has 4 rings (SSSR count). The van der Waals surface area contributed by atoms with E-state index in [1.165, 1.54) is 34.9 Å². The number of benzene rings is 3. The Morgan fingerprint density at radius 2 is 1.61 bits per heavy atom. The van der Waals surface area contributed by atoms with E-state index in [0.717, 1.165) is 5.56 Å². The molecule has 0 unspecified atom stereocenters. The molecule has 0 aliphatic rings. The van der Waals surface area contributed by atoms with Crippen molar-refractivity contribution in [3.63, 3.8) is 0 Å². The van der Waals surface area contributed by atoms with E-state index in [1.807, 2.05) is 6.92 Å². The minimum atomic E-state index is -3.96. The maximum Gasteiger partial charge on any atom is 0.345 e. The number of aromatic nitrogens is 1. The first kappa shape index (κ1) is 23.0. The molecule has 0 saturated heterocycles. The Hall–Kier alpha value is -3.13. The zero-order valence-corrected chi connectivity index (χ0v) is 19.8. The summed E-state index contributed by atoms with van der Waals surface area (Å²) in [6, 6.07) is 16.9. The summed E-state index contributed by atoms with van der Waals surface area (Å²) in [7, 11) is -2.35. The number of sulfone groups is 1. The fraction of sp³-hybridized carbons (Fsp3) is 0.0833. The Labute approximate surface area is 199 Å². The van der Waals surface area contributed by atoms with E-state index in [-0.39, 0.29) is 36.7 Å². The van der Waals surface area contributed by atoms with Gasteiger partial charge < -0.3 is 9.30 Å². The van der Waals surface area contributed by atoms with Crippen LogP contribution in [0, 0.1) is 6.92 Å². The molecule has 0 aliphatic heterocycles. The van der Waals surface area contributed by atoms with Crippen molar-refractivity contribution in [1.29, 1.82) is 0 Å². The van der Waals surface area contributed by atoms with Gasteiger partial charge in [-0.05, 0) is 43.3 Å². The van der Waals surface area contributed by atoms with Crippen LogP contribution in [0.4, 0.5) is 0 Å². The second-order valence-electron chi connectivity index (χ2n) is 7.37. The van der Waals surface area contributed by atoms with E-state index >= 15 is 0 Å². The van der Waals surface area contributed by atoms with E-state index in [1.54, 1.807) is 43.4 Å². The molecule has 0 aliphatic carbocycles. The van der Waals surface area contributed by atoms with Crippen molar-refractivity contribution in [2.24, 2.45) is 7.05 Å². The normalized spacial score (nSPS) is 11.5. The molecule has 1 heterocycles. The van der Waals surface area contributed by atoms with Gasteiger partial charge in [0.25, 0.3) is 5.56 Å². The monoisotopic (exact) mass is 501 g/mol. The number of rotatable bonds is 4. The van der Waals surface area contributed by atoms with E-state index in [4.69, 9.17) is 27.9 Å². The van der Waals surface area contributed by atoms with Crippen LogP contribution in [-0.4, -0.2) is 19.0 Å². The van der Waals surface area contributed by atoms with Crippen LogP contribution in [0.3, 0.4) is 0 Å². The quantitative estimate of drug-likeness (QED) is 0.358. The smallest absolute Gasteiger partial charge is 0.345 e. The van der Waals surface area contributed by atoms with Gasteiger partial charge in [-0.1, -0.05) is 53.0 Å². The van der Waals surface area contributed by atoms with Gasteiger partial charge in [-0.25, -0.2) is 13.2 Å². The molecule has 0 fully saturated rings. The van der Waals surface area contributed by atoms with Crippen LogP contribution >= 0.6 is 23.2 Å². The Morgan fingerprint density at radius 1 is 0.939 bits per heavy atom. The lowest BCUT2D eigenvalue weighted by Gasteiger charge is -2.13. The minimum Gasteiger partial charge on any atom is -0.422 e. The van der Waals surface area contributed by atoms with Crippen LogP contribution in [0.5, 0.6) is 5.75 Å². The maximum atomic E-state index is 13.0. The highest BCUT2D eigenvalue weighted by atomic mass is 35.5. The van der Waals surface area contributed by atoms with Gasteiger partial charge in [-0.15, -0.1) is 0 Å². The molecule has 0 radical (unpaired) electrons. The topological polar surface area (TPSA) is 82.4 Å². The summed E-state index contributed by atoms with van der Waals surface area (Å²) in [6.45, 7) is 1.84. The number of esters is 1. The number of carbonyl (C=O) groups is 1. The third-order valence-electron chi connectivity index (χ3n) is 5.21. The zero-order chi connectivity index (χ0) is 23.9. The number of fused-ring (bicyclic) bond motifs is 1. The molecule has 3 aromatic carbocycles. The number of carbonyl (C=O) groups excluding carboxylic acids is 1. The fourth-order valence-electron chi connectivity index (χ4n) is 3.36. The number of nitrogens with zero attached hydrogens (tertiary/aromatic N) is 1. The lowest BCUT2D eigenvalue weighted by Crippen LogP contribution is -2.18. The molecule has 0 N–H and O–H groups in total. The second kappa shape index (κ2) is 8.67. The number of ether oxygens (including phenoxy) is 1. The third-order valence-corrected chi connectivity index (χ3v) is 8.01. The van der Waals surface area contributed by atoms with E-state index < -0.39 is 15.8 Å². The van der Waals surface area contributed by atoms with Gasteiger partial charge in [-0.3, -0.25) is 4.79 Å². The van der Waals surface area contributed by atoms with Gasteiger partial charge in [0.1, 0.15) is 5.75 Å². The molecular formula is C24H17Cl2NO5S. The number of para-hydroxylation sites is 1. The molecule has 168 valence electrons. The predicted octanol–water partition coefficient (Wildman–Crippen LogP) is 5.21. The first-order valence-corrected chi connectivity index (χ1v) is 12.0. The summed E-state index contributed by atoms with van der Waals surface area (Å²) in [4.78, 5) is 25.0. The second-order valence-corrected chi connectivity index (χ2v) is 10.0. The van der Waals surface area contributed by atoms with Gasteiger partial charge >= 0.3 is 5.97 Å². The first-order valence-electron chi connectivity index (χ1n) is 9.72. The first-order chi connectivity index (χ1) is 15.6. The SMILES string of the molecule is Cc1ccc(S(=O)(=O)c2ccc(C(=O)Oc3cc(=O)n(C)c4ccccc34)c(Cl)c2Cl)cc1. The highest BCUT2D eigenvalue weighted by molar-refractivity contribution is 7.91. The number of halogens is 2. The zero-order valence-electron chi connectivity index (χ0n) is 17.5. The number of pyridine rings is 1. The lowest BCUT2D eigenvalue weighted by molar-refractivity contribution is 0.0737.